The number of carbonyl (C=O) groups is 2. The summed E-state index contributed by atoms with van der Waals surface area (Å²) < 4.78 is 0. The average molecular weight is 284 g/mol. The highest BCUT2D eigenvalue weighted by atomic mass is 16.4. The third-order valence-electron chi connectivity index (χ3n) is 4.15. The summed E-state index contributed by atoms with van der Waals surface area (Å²) in [5.41, 5.74) is 0. The largest absolute Gasteiger partial charge is 0.481 e. The van der Waals surface area contributed by atoms with Gasteiger partial charge in [-0.3, -0.25) is 14.5 Å². The van der Waals surface area contributed by atoms with Crippen molar-refractivity contribution in [2.45, 2.75) is 65.6 Å². The zero-order chi connectivity index (χ0) is 15.4. The molecule has 1 aliphatic rings. The second-order valence-corrected chi connectivity index (χ2v) is 6.26. The van der Waals surface area contributed by atoms with Crippen LogP contribution in [0, 0.1) is 5.92 Å². The number of nitrogens with zero attached hydrogens (tertiary/aromatic N) is 2. The predicted octanol–water partition coefficient (Wildman–Crippen LogP) is 1.82. The first kappa shape index (κ1) is 17.0. The zero-order valence-electron chi connectivity index (χ0n) is 13.3. The van der Waals surface area contributed by atoms with Crippen LogP contribution < -0.4 is 0 Å². The van der Waals surface area contributed by atoms with Gasteiger partial charge in [-0.05, 0) is 60.5 Å². The number of piperidine rings is 1. The molecule has 5 heteroatoms. The molecule has 116 valence electrons. The lowest BCUT2D eigenvalue weighted by Crippen LogP contribution is -2.53. The van der Waals surface area contributed by atoms with Gasteiger partial charge in [0, 0.05) is 12.1 Å². The quantitative estimate of drug-likeness (QED) is 0.836. The Kier molecular flexibility index (Phi) is 5.99. The monoisotopic (exact) mass is 284 g/mol. The number of likely N-dealkylation sites (tertiary alicyclic amines) is 1. The molecule has 1 amide bonds. The van der Waals surface area contributed by atoms with Crippen LogP contribution in [0.15, 0.2) is 0 Å². The molecule has 1 N–H and O–H groups in total. The van der Waals surface area contributed by atoms with Crippen LogP contribution in [0.1, 0.15) is 47.5 Å². The van der Waals surface area contributed by atoms with Gasteiger partial charge in [0.15, 0.2) is 0 Å². The molecule has 0 radical (unpaired) electrons. The molecule has 0 aromatic carbocycles. The van der Waals surface area contributed by atoms with Crippen LogP contribution >= 0.6 is 0 Å². The molecule has 1 fully saturated rings. The van der Waals surface area contributed by atoms with E-state index < -0.39 is 5.97 Å². The van der Waals surface area contributed by atoms with Crippen LogP contribution in [0.3, 0.4) is 0 Å². The molecule has 0 saturated carbocycles. The number of carboxylic acids is 1. The summed E-state index contributed by atoms with van der Waals surface area (Å²) in [5.74, 6) is -0.821. The van der Waals surface area contributed by atoms with Gasteiger partial charge in [-0.15, -0.1) is 0 Å². The zero-order valence-corrected chi connectivity index (χ0v) is 13.3. The fraction of sp³-hybridized carbons (Fsp3) is 0.867. The molecule has 0 spiro atoms. The van der Waals surface area contributed by atoms with Crippen LogP contribution in [0.5, 0.6) is 0 Å². The van der Waals surface area contributed by atoms with E-state index in [0.717, 1.165) is 0 Å². The maximum atomic E-state index is 12.6. The predicted molar refractivity (Wildman–Crippen MR) is 78.5 cm³/mol. The minimum absolute atomic E-state index is 0.142. The van der Waals surface area contributed by atoms with E-state index in [1.54, 1.807) is 0 Å². The molecule has 1 unspecified atom stereocenters. The van der Waals surface area contributed by atoms with Crippen molar-refractivity contribution in [3.05, 3.63) is 0 Å². The van der Waals surface area contributed by atoms with Gasteiger partial charge in [-0.25, -0.2) is 0 Å². The van der Waals surface area contributed by atoms with Crippen LogP contribution in [-0.2, 0) is 9.59 Å². The minimum atomic E-state index is -0.713. The molecule has 0 bridgehead atoms. The summed E-state index contributed by atoms with van der Waals surface area (Å²) in [6, 6.07) is 0.192. The van der Waals surface area contributed by atoms with Gasteiger partial charge in [0.05, 0.1) is 12.0 Å². The number of hydrogen-bond donors (Lipinski definition) is 1. The number of aliphatic carboxylic acids is 1. The fourth-order valence-electron chi connectivity index (χ4n) is 3.01. The van der Waals surface area contributed by atoms with E-state index in [0.29, 0.717) is 25.9 Å². The van der Waals surface area contributed by atoms with Crippen molar-refractivity contribution in [3.63, 3.8) is 0 Å². The highest BCUT2D eigenvalue weighted by Gasteiger charge is 2.32. The Bertz CT molecular complexity index is 339. The standard InChI is InChI=1S/C15H28N2O3/c1-10(2)17(11(3)4)14(18)12(5)16-8-6-13(7-9-16)15(19)20/h10-13H,6-9H2,1-5H3,(H,19,20). The van der Waals surface area contributed by atoms with E-state index in [1.807, 2.05) is 39.5 Å². The maximum Gasteiger partial charge on any atom is 0.306 e. The van der Waals surface area contributed by atoms with Gasteiger partial charge in [0.25, 0.3) is 0 Å². The van der Waals surface area contributed by atoms with Crippen molar-refractivity contribution in [3.8, 4) is 0 Å². The molecule has 1 atom stereocenters. The van der Waals surface area contributed by atoms with Crippen molar-refractivity contribution in [2.75, 3.05) is 13.1 Å². The third kappa shape index (κ3) is 3.95. The molecule has 0 aromatic heterocycles. The SMILES string of the molecule is CC(C(=O)N(C(C)C)C(C)C)N1CCC(C(=O)O)CC1. The summed E-state index contributed by atoms with van der Waals surface area (Å²) in [7, 11) is 0. The van der Waals surface area contributed by atoms with E-state index >= 15 is 0 Å². The topological polar surface area (TPSA) is 60.9 Å². The molecule has 1 saturated heterocycles. The fourth-order valence-corrected chi connectivity index (χ4v) is 3.01. The Balaban J connectivity index is 2.64. The molecule has 20 heavy (non-hydrogen) atoms. The lowest BCUT2D eigenvalue weighted by atomic mass is 9.96. The molecular weight excluding hydrogens is 256 g/mol. The Labute approximate surface area is 121 Å². The van der Waals surface area contributed by atoms with Gasteiger partial charge < -0.3 is 10.0 Å². The van der Waals surface area contributed by atoms with Gasteiger partial charge in [0.1, 0.15) is 0 Å². The highest BCUT2D eigenvalue weighted by Crippen LogP contribution is 2.20. The lowest BCUT2D eigenvalue weighted by molar-refractivity contribution is -0.144. The van der Waals surface area contributed by atoms with E-state index in [2.05, 4.69) is 4.90 Å². The summed E-state index contributed by atoms with van der Waals surface area (Å²) in [6.07, 6.45) is 1.27. The maximum absolute atomic E-state index is 12.6. The molecule has 1 heterocycles. The third-order valence-corrected chi connectivity index (χ3v) is 4.15. The van der Waals surface area contributed by atoms with Crippen molar-refractivity contribution in [1.82, 2.24) is 9.80 Å². The Hall–Kier alpha value is -1.10. The minimum Gasteiger partial charge on any atom is -0.481 e. The first-order chi connectivity index (χ1) is 9.25. The molecule has 1 rings (SSSR count). The number of carbonyl (C=O) groups excluding carboxylic acids is 1. The van der Waals surface area contributed by atoms with Crippen LogP contribution in [0.2, 0.25) is 0 Å². The summed E-state index contributed by atoms with van der Waals surface area (Å²) in [6.45, 7) is 11.4. The smallest absolute Gasteiger partial charge is 0.306 e. The normalized spacial score (nSPS) is 19.4. The summed E-state index contributed by atoms with van der Waals surface area (Å²) in [5, 5.41) is 9.01. The molecule has 1 aliphatic heterocycles. The second kappa shape index (κ2) is 7.07. The van der Waals surface area contributed by atoms with Crippen molar-refractivity contribution < 1.29 is 14.7 Å². The number of carboxylic acid groups (broad SMARTS) is 1. The van der Waals surface area contributed by atoms with E-state index in [4.69, 9.17) is 5.11 Å². The van der Waals surface area contributed by atoms with E-state index in [-0.39, 0.29) is 30.0 Å². The molecule has 0 aliphatic carbocycles. The lowest BCUT2D eigenvalue weighted by Gasteiger charge is -2.39. The average Bonchev–Trinajstić information content (AvgIpc) is 2.37. The van der Waals surface area contributed by atoms with Crippen molar-refractivity contribution in [1.29, 1.82) is 0 Å². The van der Waals surface area contributed by atoms with Gasteiger partial charge in [0.2, 0.25) is 5.91 Å². The van der Waals surface area contributed by atoms with Crippen LogP contribution in [0.4, 0.5) is 0 Å². The Morgan fingerprint density at radius 3 is 1.85 bits per heavy atom. The van der Waals surface area contributed by atoms with Crippen molar-refractivity contribution >= 4 is 11.9 Å². The van der Waals surface area contributed by atoms with Gasteiger partial charge >= 0.3 is 5.97 Å². The van der Waals surface area contributed by atoms with E-state index in [1.165, 1.54) is 0 Å². The Morgan fingerprint density at radius 2 is 1.50 bits per heavy atom. The molecule has 0 aromatic rings. The second-order valence-electron chi connectivity index (χ2n) is 6.26. The number of rotatable bonds is 5. The van der Waals surface area contributed by atoms with Crippen molar-refractivity contribution in [2.24, 2.45) is 5.92 Å². The van der Waals surface area contributed by atoms with Crippen LogP contribution in [-0.4, -0.2) is 58.0 Å². The number of hydrogen-bond acceptors (Lipinski definition) is 3. The molecular formula is C15H28N2O3. The van der Waals surface area contributed by atoms with Gasteiger partial charge in [-0.2, -0.15) is 0 Å². The first-order valence-electron chi connectivity index (χ1n) is 7.54. The van der Waals surface area contributed by atoms with E-state index in [9.17, 15) is 9.59 Å². The summed E-state index contributed by atoms with van der Waals surface area (Å²) in [4.78, 5) is 27.6. The summed E-state index contributed by atoms with van der Waals surface area (Å²) >= 11 is 0. The van der Waals surface area contributed by atoms with Crippen LogP contribution in [0.25, 0.3) is 0 Å². The number of amides is 1. The highest BCUT2D eigenvalue weighted by molar-refractivity contribution is 5.82. The molecule has 5 nitrogen and oxygen atoms in total. The first-order valence-corrected chi connectivity index (χ1v) is 7.54. The Morgan fingerprint density at radius 1 is 1.05 bits per heavy atom. The van der Waals surface area contributed by atoms with Gasteiger partial charge in [-0.1, -0.05) is 0 Å².